The van der Waals surface area contributed by atoms with Gasteiger partial charge in [-0.3, -0.25) is 0 Å². The molecule has 0 heterocycles. The number of benzene rings is 1. The number of hydrogen-bond donors (Lipinski definition) is 1. The van der Waals surface area contributed by atoms with Crippen LogP contribution in [0, 0.1) is 5.82 Å². The summed E-state index contributed by atoms with van der Waals surface area (Å²) >= 11 is 5.80. The van der Waals surface area contributed by atoms with Crippen LogP contribution in [0.1, 0.15) is 25.3 Å². The summed E-state index contributed by atoms with van der Waals surface area (Å²) in [6, 6.07) is 5.06. The zero-order chi connectivity index (χ0) is 10.6. The summed E-state index contributed by atoms with van der Waals surface area (Å²) in [5, 5.41) is 0.232. The largest absolute Gasteiger partial charge is 0.328 e. The van der Waals surface area contributed by atoms with Crippen molar-refractivity contribution < 1.29 is 4.39 Å². The maximum atomic E-state index is 13.0. The van der Waals surface area contributed by atoms with Crippen LogP contribution in [0.4, 0.5) is 4.39 Å². The molecule has 0 aliphatic carbocycles. The van der Waals surface area contributed by atoms with Crippen molar-refractivity contribution in [3.63, 3.8) is 0 Å². The first kappa shape index (κ1) is 11.5. The number of rotatable bonds is 4. The highest BCUT2D eigenvalue weighted by Gasteiger charge is 2.06. The maximum Gasteiger partial charge on any atom is 0.142 e. The molecule has 1 aromatic carbocycles. The molecule has 0 saturated heterocycles. The van der Waals surface area contributed by atoms with Crippen LogP contribution in [0.2, 0.25) is 5.02 Å². The molecule has 0 fully saturated rings. The summed E-state index contributed by atoms with van der Waals surface area (Å²) in [4.78, 5) is 0. The number of halogens is 2. The van der Waals surface area contributed by atoms with Crippen molar-refractivity contribution in [3.05, 3.63) is 34.6 Å². The molecule has 14 heavy (non-hydrogen) atoms. The van der Waals surface area contributed by atoms with Gasteiger partial charge in [0.15, 0.2) is 0 Å². The molecule has 0 aliphatic heterocycles. The van der Waals surface area contributed by atoms with Crippen molar-refractivity contribution in [2.75, 3.05) is 0 Å². The van der Waals surface area contributed by atoms with E-state index in [9.17, 15) is 4.39 Å². The summed E-state index contributed by atoms with van der Waals surface area (Å²) in [6.45, 7) is 2.04. The van der Waals surface area contributed by atoms with Crippen LogP contribution in [-0.2, 0) is 6.42 Å². The minimum Gasteiger partial charge on any atom is -0.328 e. The van der Waals surface area contributed by atoms with Gasteiger partial charge >= 0.3 is 0 Å². The molecule has 1 unspecified atom stereocenters. The monoisotopic (exact) mass is 215 g/mol. The van der Waals surface area contributed by atoms with Gasteiger partial charge in [-0.15, -0.1) is 0 Å². The average molecular weight is 216 g/mol. The Morgan fingerprint density at radius 3 is 2.86 bits per heavy atom. The Balaban J connectivity index is 2.63. The highest BCUT2D eigenvalue weighted by atomic mass is 35.5. The van der Waals surface area contributed by atoms with Crippen LogP contribution in [0.25, 0.3) is 0 Å². The third-order valence-electron chi connectivity index (χ3n) is 2.34. The standard InChI is InChI=1S/C11H15ClFN/c1-2-9(14)7-6-8-4-3-5-10(13)11(8)12/h3-5,9H,2,6-7,14H2,1H3. The molecule has 0 aliphatic rings. The number of nitrogens with two attached hydrogens (primary N) is 1. The Morgan fingerprint density at radius 1 is 1.50 bits per heavy atom. The molecule has 3 heteroatoms. The lowest BCUT2D eigenvalue weighted by atomic mass is 10.0. The van der Waals surface area contributed by atoms with Gasteiger partial charge in [-0.2, -0.15) is 0 Å². The Bertz CT molecular complexity index is 301. The van der Waals surface area contributed by atoms with E-state index in [0.717, 1.165) is 24.8 Å². The normalized spacial score (nSPS) is 12.9. The Kier molecular flexibility index (Phi) is 4.36. The van der Waals surface area contributed by atoms with Crippen LogP contribution in [0.5, 0.6) is 0 Å². The van der Waals surface area contributed by atoms with Crippen LogP contribution < -0.4 is 5.73 Å². The summed E-state index contributed by atoms with van der Waals surface area (Å²) in [5.41, 5.74) is 6.62. The maximum absolute atomic E-state index is 13.0. The van der Waals surface area contributed by atoms with E-state index in [4.69, 9.17) is 17.3 Å². The van der Waals surface area contributed by atoms with Crippen molar-refractivity contribution in [1.82, 2.24) is 0 Å². The van der Waals surface area contributed by atoms with E-state index in [-0.39, 0.29) is 16.9 Å². The molecular formula is C11H15ClFN. The van der Waals surface area contributed by atoms with E-state index in [1.54, 1.807) is 6.07 Å². The first-order chi connectivity index (χ1) is 6.65. The summed E-state index contributed by atoms with van der Waals surface area (Å²) < 4.78 is 13.0. The van der Waals surface area contributed by atoms with Crippen LogP contribution in [0.15, 0.2) is 18.2 Å². The molecule has 1 aromatic rings. The molecule has 0 bridgehead atoms. The summed E-state index contributed by atoms with van der Waals surface area (Å²) in [6.07, 6.45) is 2.53. The van der Waals surface area contributed by atoms with Crippen molar-refractivity contribution in [2.24, 2.45) is 5.73 Å². The lowest BCUT2D eigenvalue weighted by Gasteiger charge is -2.09. The second-order valence-corrected chi connectivity index (χ2v) is 3.80. The van der Waals surface area contributed by atoms with Gasteiger partial charge < -0.3 is 5.73 Å². The van der Waals surface area contributed by atoms with E-state index in [1.807, 2.05) is 13.0 Å². The second kappa shape index (κ2) is 5.32. The van der Waals surface area contributed by atoms with Gasteiger partial charge in [0, 0.05) is 6.04 Å². The highest BCUT2D eigenvalue weighted by Crippen LogP contribution is 2.21. The summed E-state index contributed by atoms with van der Waals surface area (Å²) in [7, 11) is 0. The molecule has 0 saturated carbocycles. The Labute approximate surface area is 89.1 Å². The van der Waals surface area contributed by atoms with Crippen LogP contribution >= 0.6 is 11.6 Å². The molecular weight excluding hydrogens is 201 g/mol. The van der Waals surface area contributed by atoms with Crippen molar-refractivity contribution in [1.29, 1.82) is 0 Å². The van der Waals surface area contributed by atoms with Gasteiger partial charge in [-0.05, 0) is 30.9 Å². The number of aryl methyl sites for hydroxylation is 1. The smallest absolute Gasteiger partial charge is 0.142 e. The van der Waals surface area contributed by atoms with Crippen molar-refractivity contribution in [2.45, 2.75) is 32.2 Å². The Morgan fingerprint density at radius 2 is 2.21 bits per heavy atom. The van der Waals surface area contributed by atoms with Crippen LogP contribution in [0.3, 0.4) is 0 Å². The molecule has 1 nitrogen and oxygen atoms in total. The quantitative estimate of drug-likeness (QED) is 0.821. The van der Waals surface area contributed by atoms with E-state index in [1.165, 1.54) is 6.07 Å². The molecule has 0 aromatic heterocycles. The SMILES string of the molecule is CCC(N)CCc1cccc(F)c1Cl. The van der Waals surface area contributed by atoms with Gasteiger partial charge in [0.25, 0.3) is 0 Å². The molecule has 0 radical (unpaired) electrons. The minimum absolute atomic E-state index is 0.175. The summed E-state index contributed by atoms with van der Waals surface area (Å²) in [5.74, 6) is -0.353. The third kappa shape index (κ3) is 2.96. The lowest BCUT2D eigenvalue weighted by molar-refractivity contribution is 0.590. The van der Waals surface area contributed by atoms with E-state index in [0.29, 0.717) is 0 Å². The van der Waals surface area contributed by atoms with Crippen LogP contribution in [-0.4, -0.2) is 6.04 Å². The lowest BCUT2D eigenvalue weighted by Crippen LogP contribution is -2.19. The fourth-order valence-corrected chi connectivity index (χ4v) is 1.51. The zero-order valence-electron chi connectivity index (χ0n) is 8.26. The number of hydrogen-bond acceptors (Lipinski definition) is 1. The zero-order valence-corrected chi connectivity index (χ0v) is 9.02. The van der Waals surface area contributed by atoms with Gasteiger partial charge in [0.05, 0.1) is 5.02 Å². The van der Waals surface area contributed by atoms with Gasteiger partial charge in [-0.1, -0.05) is 30.7 Å². The minimum atomic E-state index is -0.353. The molecule has 0 amide bonds. The fraction of sp³-hybridized carbons (Fsp3) is 0.455. The molecule has 2 N–H and O–H groups in total. The van der Waals surface area contributed by atoms with E-state index < -0.39 is 0 Å². The Hall–Kier alpha value is -0.600. The van der Waals surface area contributed by atoms with Gasteiger partial charge in [0.2, 0.25) is 0 Å². The third-order valence-corrected chi connectivity index (χ3v) is 2.76. The first-order valence-corrected chi connectivity index (χ1v) is 5.21. The average Bonchev–Trinajstić information content (AvgIpc) is 2.20. The van der Waals surface area contributed by atoms with Crippen molar-refractivity contribution in [3.8, 4) is 0 Å². The molecule has 1 atom stereocenters. The molecule has 78 valence electrons. The van der Waals surface area contributed by atoms with Gasteiger partial charge in [0.1, 0.15) is 5.82 Å². The predicted octanol–water partition coefficient (Wildman–Crippen LogP) is 3.15. The van der Waals surface area contributed by atoms with Gasteiger partial charge in [-0.25, -0.2) is 4.39 Å². The fourth-order valence-electron chi connectivity index (χ4n) is 1.29. The highest BCUT2D eigenvalue weighted by molar-refractivity contribution is 6.31. The van der Waals surface area contributed by atoms with Crippen molar-refractivity contribution >= 4 is 11.6 Å². The molecule has 1 rings (SSSR count). The van der Waals surface area contributed by atoms with E-state index >= 15 is 0 Å². The first-order valence-electron chi connectivity index (χ1n) is 4.83. The van der Waals surface area contributed by atoms with E-state index in [2.05, 4.69) is 0 Å². The topological polar surface area (TPSA) is 26.0 Å². The predicted molar refractivity (Wildman–Crippen MR) is 58.0 cm³/mol. The second-order valence-electron chi connectivity index (χ2n) is 3.42. The molecule has 0 spiro atoms.